The summed E-state index contributed by atoms with van der Waals surface area (Å²) < 4.78 is 7.08. The Kier molecular flexibility index (Phi) is 4.48. The van der Waals surface area contributed by atoms with Crippen LogP contribution >= 0.6 is 0 Å². The fourth-order valence-corrected chi connectivity index (χ4v) is 3.07. The van der Waals surface area contributed by atoms with E-state index in [0.717, 1.165) is 16.8 Å². The van der Waals surface area contributed by atoms with Crippen molar-refractivity contribution >= 4 is 5.91 Å². The molecule has 1 aromatic heterocycles. The zero-order chi connectivity index (χ0) is 16.4. The van der Waals surface area contributed by atoms with Gasteiger partial charge in [0, 0.05) is 31.3 Å². The number of carbonyl (C=O) groups is 1. The van der Waals surface area contributed by atoms with Crippen molar-refractivity contribution in [1.82, 2.24) is 14.7 Å². The van der Waals surface area contributed by atoms with Crippen LogP contribution < -0.4 is 0 Å². The van der Waals surface area contributed by atoms with Gasteiger partial charge in [0.2, 0.25) is 0 Å². The molecule has 1 amide bonds. The van der Waals surface area contributed by atoms with E-state index < -0.39 is 0 Å². The van der Waals surface area contributed by atoms with Crippen LogP contribution in [0.2, 0.25) is 0 Å². The number of carbonyl (C=O) groups excluding carboxylic acids is 1. The average molecular weight is 313 g/mol. The fraction of sp³-hybridized carbons (Fsp3) is 0.444. The molecule has 0 radical (unpaired) electrons. The predicted octanol–water partition coefficient (Wildman–Crippen LogP) is 2.68. The standard InChI is InChI=1S/C18H23N3O2/c1-13(2)15-16(14-7-5-4-6-8-14)19-20(3)17(15)18(22)21-9-11-23-12-10-21/h4-8,13H,9-12H2,1-3H3. The first-order chi connectivity index (χ1) is 11.1. The summed E-state index contributed by atoms with van der Waals surface area (Å²) in [6, 6.07) is 10.1. The number of nitrogens with zero attached hydrogens (tertiary/aromatic N) is 3. The third-order valence-corrected chi connectivity index (χ3v) is 4.21. The Morgan fingerprint density at radius 2 is 1.83 bits per heavy atom. The molecule has 1 aliphatic heterocycles. The quantitative estimate of drug-likeness (QED) is 0.875. The van der Waals surface area contributed by atoms with Gasteiger partial charge in [-0.3, -0.25) is 9.48 Å². The molecule has 0 bridgehead atoms. The highest BCUT2D eigenvalue weighted by Crippen LogP contribution is 2.31. The molecule has 0 N–H and O–H groups in total. The minimum absolute atomic E-state index is 0.0502. The van der Waals surface area contributed by atoms with Gasteiger partial charge in [0.15, 0.2) is 0 Å². The van der Waals surface area contributed by atoms with E-state index in [1.807, 2.05) is 42.3 Å². The molecular formula is C18H23N3O2. The normalized spacial score (nSPS) is 15.2. The van der Waals surface area contributed by atoms with E-state index in [0.29, 0.717) is 32.0 Å². The van der Waals surface area contributed by atoms with E-state index in [1.54, 1.807) is 4.68 Å². The van der Waals surface area contributed by atoms with Crippen LogP contribution in [0.1, 0.15) is 35.8 Å². The zero-order valence-electron chi connectivity index (χ0n) is 14.0. The Bertz CT molecular complexity index is 686. The van der Waals surface area contributed by atoms with Crippen molar-refractivity contribution in [3.63, 3.8) is 0 Å². The monoisotopic (exact) mass is 313 g/mol. The van der Waals surface area contributed by atoms with Crippen molar-refractivity contribution in [2.45, 2.75) is 19.8 Å². The van der Waals surface area contributed by atoms with E-state index in [-0.39, 0.29) is 11.8 Å². The van der Waals surface area contributed by atoms with Gasteiger partial charge in [-0.25, -0.2) is 0 Å². The maximum Gasteiger partial charge on any atom is 0.272 e. The first-order valence-corrected chi connectivity index (χ1v) is 8.09. The first kappa shape index (κ1) is 15.7. The third kappa shape index (κ3) is 3.01. The van der Waals surface area contributed by atoms with Crippen molar-refractivity contribution in [2.24, 2.45) is 7.05 Å². The molecule has 1 aromatic carbocycles. The van der Waals surface area contributed by atoms with Gasteiger partial charge in [0.25, 0.3) is 5.91 Å². The van der Waals surface area contributed by atoms with Crippen molar-refractivity contribution in [1.29, 1.82) is 0 Å². The molecule has 5 nitrogen and oxygen atoms in total. The van der Waals surface area contributed by atoms with E-state index in [9.17, 15) is 4.79 Å². The number of aryl methyl sites for hydroxylation is 1. The van der Waals surface area contributed by atoms with Crippen molar-refractivity contribution in [3.8, 4) is 11.3 Å². The molecule has 122 valence electrons. The van der Waals surface area contributed by atoms with Crippen LogP contribution in [0.5, 0.6) is 0 Å². The molecule has 1 fully saturated rings. The molecule has 5 heteroatoms. The van der Waals surface area contributed by atoms with Gasteiger partial charge in [-0.1, -0.05) is 44.2 Å². The highest BCUT2D eigenvalue weighted by Gasteiger charge is 2.28. The maximum absolute atomic E-state index is 13.0. The number of morpholine rings is 1. The molecule has 0 aliphatic carbocycles. The summed E-state index contributed by atoms with van der Waals surface area (Å²) in [5.74, 6) is 0.271. The number of aromatic nitrogens is 2. The highest BCUT2D eigenvalue weighted by atomic mass is 16.5. The highest BCUT2D eigenvalue weighted by molar-refractivity contribution is 5.96. The van der Waals surface area contributed by atoms with Crippen LogP contribution in [0.25, 0.3) is 11.3 Å². The van der Waals surface area contributed by atoms with Crippen LogP contribution in [-0.4, -0.2) is 46.9 Å². The van der Waals surface area contributed by atoms with E-state index in [1.165, 1.54) is 0 Å². The fourth-order valence-electron chi connectivity index (χ4n) is 3.07. The summed E-state index contributed by atoms with van der Waals surface area (Å²) in [7, 11) is 1.85. The van der Waals surface area contributed by atoms with Crippen molar-refractivity contribution in [3.05, 3.63) is 41.6 Å². The Labute approximate surface area is 136 Å². The lowest BCUT2D eigenvalue weighted by molar-refractivity contribution is 0.0294. The lowest BCUT2D eigenvalue weighted by Gasteiger charge is -2.27. The number of benzene rings is 1. The summed E-state index contributed by atoms with van der Waals surface area (Å²) in [4.78, 5) is 14.9. The van der Waals surface area contributed by atoms with Gasteiger partial charge in [0.1, 0.15) is 5.69 Å². The molecule has 3 rings (SSSR count). The summed E-state index contributed by atoms with van der Waals surface area (Å²) in [6.45, 7) is 6.71. The van der Waals surface area contributed by atoms with Gasteiger partial charge < -0.3 is 9.64 Å². The van der Waals surface area contributed by atoms with Gasteiger partial charge in [-0.2, -0.15) is 5.10 Å². The Hall–Kier alpha value is -2.14. The molecule has 1 aliphatic rings. The van der Waals surface area contributed by atoms with Gasteiger partial charge >= 0.3 is 0 Å². The van der Waals surface area contributed by atoms with Crippen LogP contribution in [0.3, 0.4) is 0 Å². The third-order valence-electron chi connectivity index (χ3n) is 4.21. The molecule has 2 aromatic rings. The largest absolute Gasteiger partial charge is 0.378 e. The van der Waals surface area contributed by atoms with E-state index >= 15 is 0 Å². The second-order valence-corrected chi connectivity index (χ2v) is 6.16. The first-order valence-electron chi connectivity index (χ1n) is 8.09. The second-order valence-electron chi connectivity index (χ2n) is 6.16. The SMILES string of the molecule is CC(C)c1c(-c2ccccc2)nn(C)c1C(=O)N1CCOCC1. The van der Waals surface area contributed by atoms with Crippen molar-refractivity contribution < 1.29 is 9.53 Å². The van der Waals surface area contributed by atoms with E-state index in [2.05, 4.69) is 18.9 Å². The summed E-state index contributed by atoms with van der Waals surface area (Å²) in [5, 5.41) is 4.66. The molecular weight excluding hydrogens is 290 g/mol. The van der Waals surface area contributed by atoms with Crippen LogP contribution in [0, 0.1) is 0 Å². The maximum atomic E-state index is 13.0. The number of amides is 1. The lowest BCUT2D eigenvalue weighted by atomic mass is 9.96. The molecule has 0 atom stereocenters. The minimum Gasteiger partial charge on any atom is -0.378 e. The Balaban J connectivity index is 2.06. The van der Waals surface area contributed by atoms with Gasteiger partial charge in [-0.15, -0.1) is 0 Å². The molecule has 2 heterocycles. The molecule has 0 unspecified atom stereocenters. The van der Waals surface area contributed by atoms with Crippen molar-refractivity contribution in [2.75, 3.05) is 26.3 Å². The summed E-state index contributed by atoms with van der Waals surface area (Å²) in [5.41, 5.74) is 3.67. The topological polar surface area (TPSA) is 47.4 Å². The molecule has 0 spiro atoms. The Morgan fingerprint density at radius 1 is 1.17 bits per heavy atom. The zero-order valence-corrected chi connectivity index (χ0v) is 14.0. The number of hydrogen-bond donors (Lipinski definition) is 0. The number of rotatable bonds is 3. The van der Waals surface area contributed by atoms with Crippen LogP contribution in [0.15, 0.2) is 30.3 Å². The summed E-state index contributed by atoms with van der Waals surface area (Å²) in [6.07, 6.45) is 0. The molecule has 1 saturated heterocycles. The second kappa shape index (κ2) is 6.54. The van der Waals surface area contributed by atoms with E-state index in [4.69, 9.17) is 4.74 Å². The molecule has 0 saturated carbocycles. The average Bonchev–Trinajstić information content (AvgIpc) is 2.93. The number of ether oxygens (including phenoxy) is 1. The molecule has 23 heavy (non-hydrogen) atoms. The van der Waals surface area contributed by atoms with Gasteiger partial charge in [-0.05, 0) is 5.92 Å². The lowest BCUT2D eigenvalue weighted by Crippen LogP contribution is -2.41. The smallest absolute Gasteiger partial charge is 0.272 e. The van der Waals surface area contributed by atoms with Crippen LogP contribution in [-0.2, 0) is 11.8 Å². The summed E-state index contributed by atoms with van der Waals surface area (Å²) >= 11 is 0. The Morgan fingerprint density at radius 3 is 2.43 bits per heavy atom. The number of hydrogen-bond acceptors (Lipinski definition) is 3. The minimum atomic E-state index is 0.0502. The van der Waals surface area contributed by atoms with Crippen LogP contribution in [0.4, 0.5) is 0 Å². The van der Waals surface area contributed by atoms with Gasteiger partial charge in [0.05, 0.1) is 18.9 Å². The predicted molar refractivity (Wildman–Crippen MR) is 89.5 cm³/mol.